The Kier molecular flexibility index (Phi) is 4.94. The molecule has 5 nitrogen and oxygen atoms in total. The van der Waals surface area contributed by atoms with E-state index in [0.29, 0.717) is 10.2 Å². The number of hydrogen-bond donors (Lipinski definition) is 2. The molecule has 108 valence electrons. The Morgan fingerprint density at radius 1 is 1.38 bits per heavy atom. The number of hydrogen-bond acceptors (Lipinski definition) is 3. The molecule has 1 aromatic carbocycles. The third-order valence-corrected chi connectivity index (χ3v) is 3.10. The average molecular weight is 349 g/mol. The number of H-pyrrole nitrogens is 1. The smallest absolute Gasteiger partial charge is 0.271 e. The molecule has 1 heterocycles. The van der Waals surface area contributed by atoms with Gasteiger partial charge in [0, 0.05) is 16.7 Å². The largest absolute Gasteiger partial charge is 0.497 e. The van der Waals surface area contributed by atoms with Crippen molar-refractivity contribution in [2.24, 2.45) is 0 Å². The van der Waals surface area contributed by atoms with Gasteiger partial charge in [-0.15, -0.1) is 0 Å². The normalized spacial score (nSPS) is 10.6. The number of carbonyl (C=O) groups is 1. The zero-order valence-corrected chi connectivity index (χ0v) is 12.8. The molecule has 2 N–H and O–H groups in total. The standard InChI is InChI=1S/C15H13BrN2O3/c1-21-12-4-2-3-10(7-12)5-6-14(19)18-13-8-11(16)9-17-15(13)20/h2-9H,1H3,(H,17,20)(H,18,19)/b6-5+. The fourth-order valence-corrected chi connectivity index (χ4v) is 1.99. The molecule has 0 radical (unpaired) electrons. The summed E-state index contributed by atoms with van der Waals surface area (Å²) in [5.41, 5.74) is 0.652. The first-order chi connectivity index (χ1) is 10.1. The minimum Gasteiger partial charge on any atom is -0.497 e. The molecule has 0 atom stereocenters. The SMILES string of the molecule is COc1cccc(/C=C/C(=O)Nc2cc(Br)c[nH]c2=O)c1. The van der Waals surface area contributed by atoms with E-state index >= 15 is 0 Å². The molecule has 0 aliphatic rings. The molecular weight excluding hydrogens is 336 g/mol. The van der Waals surface area contributed by atoms with Gasteiger partial charge < -0.3 is 15.0 Å². The number of carbonyl (C=O) groups excluding carboxylic acids is 1. The van der Waals surface area contributed by atoms with Crippen molar-refractivity contribution in [3.8, 4) is 5.75 Å². The number of nitrogens with one attached hydrogen (secondary N) is 2. The maximum absolute atomic E-state index is 11.8. The average Bonchev–Trinajstić information content (AvgIpc) is 2.49. The summed E-state index contributed by atoms with van der Waals surface area (Å²) < 4.78 is 5.78. The molecule has 0 bridgehead atoms. The van der Waals surface area contributed by atoms with E-state index in [9.17, 15) is 9.59 Å². The van der Waals surface area contributed by atoms with Gasteiger partial charge in [-0.2, -0.15) is 0 Å². The summed E-state index contributed by atoms with van der Waals surface area (Å²) in [6, 6.07) is 8.83. The van der Waals surface area contributed by atoms with Crippen molar-refractivity contribution in [3.63, 3.8) is 0 Å². The van der Waals surface area contributed by atoms with E-state index in [4.69, 9.17) is 4.74 Å². The first-order valence-corrected chi connectivity index (χ1v) is 6.89. The molecular formula is C15H13BrN2O3. The summed E-state index contributed by atoms with van der Waals surface area (Å²) in [6.07, 6.45) is 4.50. The molecule has 0 saturated heterocycles. The molecule has 0 aliphatic carbocycles. The molecule has 1 aromatic heterocycles. The van der Waals surface area contributed by atoms with E-state index in [2.05, 4.69) is 26.2 Å². The highest BCUT2D eigenvalue weighted by atomic mass is 79.9. The second-order valence-corrected chi connectivity index (χ2v) is 5.08. The number of anilines is 1. The number of methoxy groups -OCH3 is 1. The maximum atomic E-state index is 11.8. The minimum absolute atomic E-state index is 0.185. The van der Waals surface area contributed by atoms with Crippen molar-refractivity contribution >= 4 is 33.6 Å². The van der Waals surface area contributed by atoms with Gasteiger partial charge >= 0.3 is 0 Å². The van der Waals surface area contributed by atoms with Gasteiger partial charge in [0.15, 0.2) is 0 Å². The van der Waals surface area contributed by atoms with Crippen LogP contribution >= 0.6 is 15.9 Å². The molecule has 1 amide bonds. The Balaban J connectivity index is 2.09. The fraction of sp³-hybridized carbons (Fsp3) is 0.0667. The third kappa shape index (κ3) is 4.32. The summed E-state index contributed by atoms with van der Waals surface area (Å²) in [7, 11) is 1.58. The van der Waals surface area contributed by atoms with Crippen LogP contribution in [0.2, 0.25) is 0 Å². The number of aromatic amines is 1. The lowest BCUT2D eigenvalue weighted by Gasteiger charge is -2.02. The van der Waals surface area contributed by atoms with Crippen molar-refractivity contribution in [1.82, 2.24) is 4.98 Å². The van der Waals surface area contributed by atoms with Gasteiger partial charge in [-0.3, -0.25) is 9.59 Å². The Morgan fingerprint density at radius 2 is 2.19 bits per heavy atom. The summed E-state index contributed by atoms with van der Waals surface area (Å²) in [4.78, 5) is 25.8. The highest BCUT2D eigenvalue weighted by Crippen LogP contribution is 2.14. The van der Waals surface area contributed by atoms with Gasteiger partial charge in [-0.1, -0.05) is 12.1 Å². The summed E-state index contributed by atoms with van der Waals surface area (Å²) in [5, 5.41) is 2.52. The molecule has 6 heteroatoms. The van der Waals surface area contributed by atoms with Crippen LogP contribution in [0.15, 0.2) is 51.9 Å². The Bertz CT molecular complexity index is 738. The van der Waals surface area contributed by atoms with Crippen LogP contribution in [0.1, 0.15) is 5.56 Å². The van der Waals surface area contributed by atoms with Gasteiger partial charge in [0.2, 0.25) is 5.91 Å². The molecule has 0 aliphatic heterocycles. The Hall–Kier alpha value is -2.34. The van der Waals surface area contributed by atoms with Crippen molar-refractivity contribution in [2.45, 2.75) is 0 Å². The number of benzene rings is 1. The highest BCUT2D eigenvalue weighted by molar-refractivity contribution is 9.10. The van der Waals surface area contributed by atoms with Gasteiger partial charge in [0.25, 0.3) is 5.56 Å². The molecule has 2 aromatic rings. The van der Waals surface area contributed by atoms with Crippen LogP contribution in [0.3, 0.4) is 0 Å². The minimum atomic E-state index is -0.388. The highest BCUT2D eigenvalue weighted by Gasteiger charge is 2.03. The number of amides is 1. The van der Waals surface area contributed by atoms with Crippen LogP contribution < -0.4 is 15.6 Å². The monoisotopic (exact) mass is 348 g/mol. The first kappa shape index (κ1) is 15.1. The second-order valence-electron chi connectivity index (χ2n) is 4.16. The van der Waals surface area contributed by atoms with Crippen molar-refractivity contribution < 1.29 is 9.53 Å². The van der Waals surface area contributed by atoms with Gasteiger partial charge in [0.1, 0.15) is 11.4 Å². The van der Waals surface area contributed by atoms with E-state index in [0.717, 1.165) is 5.56 Å². The van der Waals surface area contributed by atoms with Gasteiger partial charge in [-0.25, -0.2) is 0 Å². The van der Waals surface area contributed by atoms with Crippen molar-refractivity contribution in [3.05, 3.63) is 63.0 Å². The lowest BCUT2D eigenvalue weighted by molar-refractivity contribution is -0.111. The summed E-state index contributed by atoms with van der Waals surface area (Å²) in [5.74, 6) is 0.322. The molecule has 0 fully saturated rings. The molecule has 0 spiro atoms. The molecule has 2 rings (SSSR count). The van der Waals surface area contributed by atoms with E-state index in [1.165, 1.54) is 18.3 Å². The van der Waals surface area contributed by atoms with Crippen LogP contribution in [0.25, 0.3) is 6.08 Å². The van der Waals surface area contributed by atoms with Crippen molar-refractivity contribution in [1.29, 1.82) is 0 Å². The molecule has 0 unspecified atom stereocenters. The lowest BCUT2D eigenvalue weighted by Crippen LogP contribution is -2.17. The number of aromatic nitrogens is 1. The predicted octanol–water partition coefficient (Wildman–Crippen LogP) is 2.80. The topological polar surface area (TPSA) is 71.2 Å². The molecule has 21 heavy (non-hydrogen) atoms. The Morgan fingerprint density at radius 3 is 2.95 bits per heavy atom. The van der Waals surface area contributed by atoms with E-state index < -0.39 is 0 Å². The van der Waals surface area contributed by atoms with E-state index in [-0.39, 0.29) is 17.2 Å². The number of pyridine rings is 1. The van der Waals surface area contributed by atoms with Crippen LogP contribution in [0, 0.1) is 0 Å². The van der Waals surface area contributed by atoms with Gasteiger partial charge in [0.05, 0.1) is 7.11 Å². The van der Waals surface area contributed by atoms with Crippen LogP contribution in [-0.2, 0) is 4.79 Å². The lowest BCUT2D eigenvalue weighted by atomic mass is 10.2. The zero-order valence-electron chi connectivity index (χ0n) is 11.2. The fourth-order valence-electron chi connectivity index (χ4n) is 1.64. The van der Waals surface area contributed by atoms with Gasteiger partial charge in [-0.05, 0) is 45.8 Å². The third-order valence-electron chi connectivity index (χ3n) is 2.65. The zero-order chi connectivity index (χ0) is 15.2. The number of ether oxygens (including phenoxy) is 1. The summed E-state index contributed by atoms with van der Waals surface area (Å²) >= 11 is 3.22. The second kappa shape index (κ2) is 6.90. The van der Waals surface area contributed by atoms with Crippen LogP contribution in [0.4, 0.5) is 5.69 Å². The number of rotatable bonds is 4. The van der Waals surface area contributed by atoms with Crippen LogP contribution in [0.5, 0.6) is 5.75 Å². The maximum Gasteiger partial charge on any atom is 0.271 e. The molecule has 0 saturated carbocycles. The van der Waals surface area contributed by atoms with E-state index in [1.807, 2.05) is 18.2 Å². The Labute approximate surface area is 129 Å². The van der Waals surface area contributed by atoms with Crippen LogP contribution in [-0.4, -0.2) is 18.0 Å². The number of halogens is 1. The predicted molar refractivity (Wildman–Crippen MR) is 85.4 cm³/mol. The first-order valence-electron chi connectivity index (χ1n) is 6.10. The van der Waals surface area contributed by atoms with Crippen molar-refractivity contribution in [2.75, 3.05) is 12.4 Å². The summed E-state index contributed by atoms with van der Waals surface area (Å²) in [6.45, 7) is 0. The van der Waals surface area contributed by atoms with E-state index in [1.54, 1.807) is 19.3 Å². The quantitative estimate of drug-likeness (QED) is 0.834.